The minimum atomic E-state index is -0.875. The molecule has 3 heterocycles. The fraction of sp³-hybridized carbons (Fsp3) is 0.575. The molecule has 0 saturated carbocycles. The maximum atomic E-state index is 12.9. The summed E-state index contributed by atoms with van der Waals surface area (Å²) in [7, 11) is 0. The largest absolute Gasteiger partial charge is 0.494 e. The molecular weight excluding hydrogens is 698 g/mol. The Morgan fingerprint density at radius 1 is 1.09 bits per heavy atom. The number of carbonyl (C=O) groups is 4. The van der Waals surface area contributed by atoms with Crippen molar-refractivity contribution in [2.45, 2.75) is 128 Å². The molecule has 0 unspecified atom stereocenters. The molecule has 54 heavy (non-hydrogen) atoms. The number of aliphatic hydroxyl groups excluding tert-OH is 1. The number of epoxide rings is 1. The predicted octanol–water partition coefficient (Wildman–Crippen LogP) is 4.15. The van der Waals surface area contributed by atoms with Gasteiger partial charge in [-0.2, -0.15) is 5.10 Å². The number of aliphatic carboxylic acids is 1. The van der Waals surface area contributed by atoms with E-state index in [9.17, 15) is 24.3 Å². The monoisotopic (exact) mass is 753 g/mol. The van der Waals surface area contributed by atoms with E-state index in [1.165, 1.54) is 13.0 Å². The average Bonchev–Trinajstić information content (AvgIpc) is 3.89. The molecule has 4 rings (SSSR count). The normalized spacial score (nSPS) is 29.2. The molecule has 14 heteroatoms. The standard InChI is InChI=1S/C40H55N3O11/c1-24(9-16-34-25(2)20-33(28(5)53-34)41-36(45)18-11-26(3)52-29(6)44)10-17-35-39(49)40(23-51-40)22-32(54-35)21-37(46)43-42-27(4)30-12-14-31(15-13-30)50-19-7-8-38(47)48/h9-15,17-18,25-26,28,32-35,39,49H,7-8,16,19-23H2,1-6H3,(H,41,45)(H,43,46)(H,47,48)/b17-10+,18-11-,24-9+,42-27?/t25-,26-,28+,32+,33+,34-,35+,39+,40+/m0/s1. The molecule has 3 saturated heterocycles. The Morgan fingerprint density at radius 2 is 1.81 bits per heavy atom. The highest BCUT2D eigenvalue weighted by atomic mass is 16.6. The van der Waals surface area contributed by atoms with Gasteiger partial charge in [-0.1, -0.05) is 30.7 Å². The fourth-order valence-corrected chi connectivity index (χ4v) is 6.56. The molecule has 2 amide bonds. The van der Waals surface area contributed by atoms with E-state index >= 15 is 0 Å². The number of nitrogens with one attached hydrogen (secondary N) is 2. The summed E-state index contributed by atoms with van der Waals surface area (Å²) in [4.78, 5) is 47.1. The Morgan fingerprint density at radius 3 is 2.48 bits per heavy atom. The second-order valence-electron chi connectivity index (χ2n) is 14.5. The molecule has 1 spiro atoms. The van der Waals surface area contributed by atoms with Crippen molar-refractivity contribution in [1.29, 1.82) is 0 Å². The average molecular weight is 754 g/mol. The Bertz CT molecular complexity index is 1580. The third kappa shape index (κ3) is 13.2. The van der Waals surface area contributed by atoms with Gasteiger partial charge in [-0.05, 0) is 88.8 Å². The van der Waals surface area contributed by atoms with E-state index in [2.05, 4.69) is 28.8 Å². The van der Waals surface area contributed by atoms with Crippen LogP contribution < -0.4 is 15.5 Å². The topological polar surface area (TPSA) is 195 Å². The lowest BCUT2D eigenvalue weighted by molar-refractivity contribution is -0.145. The molecule has 0 bridgehead atoms. The first kappa shape index (κ1) is 42.4. The molecule has 0 aromatic heterocycles. The molecule has 1 aromatic carbocycles. The van der Waals surface area contributed by atoms with Crippen LogP contribution in [0.5, 0.6) is 5.75 Å². The van der Waals surface area contributed by atoms with Crippen molar-refractivity contribution in [2.24, 2.45) is 11.0 Å². The number of rotatable bonds is 17. The van der Waals surface area contributed by atoms with Crippen molar-refractivity contribution in [3.63, 3.8) is 0 Å². The van der Waals surface area contributed by atoms with Gasteiger partial charge in [0.1, 0.15) is 29.7 Å². The summed E-state index contributed by atoms with van der Waals surface area (Å²) in [6.45, 7) is 11.5. The number of aliphatic hydroxyl groups is 1. The lowest BCUT2D eigenvalue weighted by atomic mass is 9.87. The fourth-order valence-electron chi connectivity index (χ4n) is 6.56. The third-order valence-electron chi connectivity index (χ3n) is 9.76. The predicted molar refractivity (Wildman–Crippen MR) is 200 cm³/mol. The number of hydrogen-bond acceptors (Lipinski definition) is 11. The van der Waals surface area contributed by atoms with Crippen molar-refractivity contribution in [1.82, 2.24) is 10.7 Å². The van der Waals surface area contributed by atoms with E-state index < -0.39 is 42.0 Å². The smallest absolute Gasteiger partial charge is 0.303 e. The van der Waals surface area contributed by atoms with Gasteiger partial charge in [0.25, 0.3) is 0 Å². The molecule has 4 N–H and O–H groups in total. The molecule has 0 aliphatic carbocycles. The molecule has 3 aliphatic rings. The molecule has 14 nitrogen and oxygen atoms in total. The Hall–Kier alpha value is -4.37. The van der Waals surface area contributed by atoms with Gasteiger partial charge in [-0.25, -0.2) is 5.43 Å². The zero-order valence-electron chi connectivity index (χ0n) is 32.0. The van der Waals surface area contributed by atoms with Crippen LogP contribution >= 0.6 is 0 Å². The zero-order valence-corrected chi connectivity index (χ0v) is 32.0. The lowest BCUT2D eigenvalue weighted by Gasteiger charge is -2.39. The molecule has 3 aliphatic heterocycles. The Balaban J connectivity index is 1.24. The number of allylic oxidation sites excluding steroid dienone is 2. The number of carboxylic acid groups (broad SMARTS) is 1. The van der Waals surface area contributed by atoms with E-state index in [1.54, 1.807) is 38.1 Å². The van der Waals surface area contributed by atoms with Crippen LogP contribution in [0.1, 0.15) is 85.6 Å². The van der Waals surface area contributed by atoms with Crippen LogP contribution in [0.4, 0.5) is 0 Å². The summed E-state index contributed by atoms with van der Waals surface area (Å²) in [5.41, 5.74) is 4.21. The van der Waals surface area contributed by atoms with Gasteiger partial charge in [-0.15, -0.1) is 0 Å². The number of amides is 2. The second-order valence-corrected chi connectivity index (χ2v) is 14.5. The summed E-state index contributed by atoms with van der Waals surface area (Å²) in [6, 6.07) is 6.99. The van der Waals surface area contributed by atoms with Crippen LogP contribution in [0.15, 0.2) is 65.3 Å². The minimum Gasteiger partial charge on any atom is -0.494 e. The van der Waals surface area contributed by atoms with Crippen molar-refractivity contribution < 1.29 is 53.1 Å². The number of esters is 1. The number of ether oxygens (including phenoxy) is 5. The number of carboxylic acids is 1. The summed E-state index contributed by atoms with van der Waals surface area (Å²) >= 11 is 0. The molecular formula is C40H55N3O11. The summed E-state index contributed by atoms with van der Waals surface area (Å²) in [5.74, 6) is -1.07. The van der Waals surface area contributed by atoms with Crippen molar-refractivity contribution in [3.8, 4) is 5.75 Å². The van der Waals surface area contributed by atoms with Crippen molar-refractivity contribution in [2.75, 3.05) is 13.2 Å². The summed E-state index contributed by atoms with van der Waals surface area (Å²) in [5, 5.41) is 27.0. The van der Waals surface area contributed by atoms with Crippen LogP contribution in [-0.4, -0.2) is 101 Å². The van der Waals surface area contributed by atoms with Gasteiger partial charge in [-0.3, -0.25) is 19.2 Å². The van der Waals surface area contributed by atoms with Crippen LogP contribution in [-0.2, 0) is 38.1 Å². The quantitative estimate of drug-likeness (QED) is 0.0340. The van der Waals surface area contributed by atoms with Gasteiger partial charge < -0.3 is 39.2 Å². The van der Waals surface area contributed by atoms with Crippen LogP contribution in [0, 0.1) is 5.92 Å². The van der Waals surface area contributed by atoms with E-state index in [4.69, 9.17) is 28.8 Å². The van der Waals surface area contributed by atoms with Crippen LogP contribution in [0.3, 0.4) is 0 Å². The first-order valence-electron chi connectivity index (χ1n) is 18.6. The molecule has 0 radical (unpaired) electrons. The summed E-state index contributed by atoms with van der Waals surface area (Å²) in [6.07, 6.45) is 8.24. The van der Waals surface area contributed by atoms with Crippen LogP contribution in [0.2, 0.25) is 0 Å². The first-order valence-corrected chi connectivity index (χ1v) is 18.6. The molecule has 3 fully saturated rings. The highest BCUT2D eigenvalue weighted by Crippen LogP contribution is 2.43. The van der Waals surface area contributed by atoms with Crippen molar-refractivity contribution in [3.05, 3.63) is 65.8 Å². The SMILES string of the molecule is CC(=O)O[C@@H](C)/C=C\C(=O)N[C@@H]1C[C@H](C)[C@H](C/C=C(C)/C=C/[C@H]2O[C@H](CC(=O)NN=C(C)c3ccc(OCCCC(=O)O)cc3)C[C@@]3(CO3)[C@@H]2O)O[C@@H]1C. The number of carbonyl (C=O) groups excluding carboxylic acids is 3. The highest BCUT2D eigenvalue weighted by Gasteiger charge is 2.58. The molecule has 296 valence electrons. The molecule has 1 aromatic rings. The van der Waals surface area contributed by atoms with Gasteiger partial charge in [0.2, 0.25) is 11.8 Å². The van der Waals surface area contributed by atoms with E-state index in [0.29, 0.717) is 43.9 Å². The summed E-state index contributed by atoms with van der Waals surface area (Å²) < 4.78 is 28.8. The van der Waals surface area contributed by atoms with Gasteiger partial charge in [0.05, 0.1) is 49.7 Å². The van der Waals surface area contributed by atoms with Crippen LogP contribution in [0.25, 0.3) is 0 Å². The first-order chi connectivity index (χ1) is 25.6. The van der Waals surface area contributed by atoms with Gasteiger partial charge in [0, 0.05) is 25.8 Å². The van der Waals surface area contributed by atoms with E-state index in [0.717, 1.165) is 17.6 Å². The van der Waals surface area contributed by atoms with Gasteiger partial charge in [0.15, 0.2) is 0 Å². The Kier molecular flexibility index (Phi) is 15.5. The number of hydrogen-bond donors (Lipinski definition) is 4. The maximum absolute atomic E-state index is 12.9. The number of benzene rings is 1. The number of hydrazone groups is 1. The molecule has 9 atom stereocenters. The van der Waals surface area contributed by atoms with Crippen molar-refractivity contribution >= 4 is 29.5 Å². The van der Waals surface area contributed by atoms with Gasteiger partial charge >= 0.3 is 11.9 Å². The van der Waals surface area contributed by atoms with E-state index in [-0.39, 0.29) is 48.8 Å². The zero-order chi connectivity index (χ0) is 39.4. The van der Waals surface area contributed by atoms with E-state index in [1.807, 2.05) is 32.1 Å². The maximum Gasteiger partial charge on any atom is 0.303 e. The minimum absolute atomic E-state index is 0.0388. The second kappa shape index (κ2) is 19.8. The third-order valence-corrected chi connectivity index (χ3v) is 9.76. The number of nitrogens with zero attached hydrogens (tertiary/aromatic N) is 1. The Labute approximate surface area is 317 Å². The lowest BCUT2D eigenvalue weighted by Crippen LogP contribution is -2.50. The highest BCUT2D eigenvalue weighted by molar-refractivity contribution is 5.99.